The predicted molar refractivity (Wildman–Crippen MR) is 75.7 cm³/mol. The highest BCUT2D eigenvalue weighted by atomic mass is 16.5. The Kier molecular flexibility index (Phi) is 3.25. The molecule has 0 spiro atoms. The van der Waals surface area contributed by atoms with Gasteiger partial charge in [-0.2, -0.15) is 5.10 Å². The summed E-state index contributed by atoms with van der Waals surface area (Å²) in [7, 11) is 0. The van der Waals surface area contributed by atoms with Gasteiger partial charge in [-0.3, -0.25) is 0 Å². The summed E-state index contributed by atoms with van der Waals surface area (Å²) in [5, 5.41) is 8.01. The van der Waals surface area contributed by atoms with Gasteiger partial charge in [-0.25, -0.2) is 4.68 Å². The van der Waals surface area contributed by atoms with Gasteiger partial charge in [0.25, 0.3) is 0 Å². The molecule has 1 N–H and O–H groups in total. The molecule has 1 aromatic heterocycles. The fourth-order valence-electron chi connectivity index (χ4n) is 2.50. The maximum absolute atomic E-state index is 5.58. The van der Waals surface area contributed by atoms with Crippen molar-refractivity contribution in [3.8, 4) is 5.69 Å². The number of benzene rings is 1. The van der Waals surface area contributed by atoms with E-state index in [1.165, 1.54) is 0 Å². The van der Waals surface area contributed by atoms with Crippen LogP contribution in [0.25, 0.3) is 5.69 Å². The topological polar surface area (TPSA) is 39.1 Å². The second kappa shape index (κ2) is 5.05. The third-order valence-corrected chi connectivity index (χ3v) is 3.73. The van der Waals surface area contributed by atoms with Gasteiger partial charge in [0.05, 0.1) is 35.4 Å². The summed E-state index contributed by atoms with van der Waals surface area (Å²) in [6.07, 6.45) is 3.21. The lowest BCUT2D eigenvalue weighted by Gasteiger charge is -2.16. The number of aromatic nitrogens is 2. The number of hydrogen-bond acceptors (Lipinski definition) is 3. The van der Waals surface area contributed by atoms with Crippen molar-refractivity contribution in [2.75, 3.05) is 11.9 Å². The van der Waals surface area contributed by atoms with Crippen molar-refractivity contribution in [2.24, 2.45) is 0 Å². The molecule has 0 amide bonds. The lowest BCUT2D eigenvalue weighted by Crippen LogP contribution is -2.26. The number of anilines is 1. The lowest BCUT2D eigenvalue weighted by atomic mass is 10.1. The molecule has 0 saturated carbocycles. The molecule has 4 nitrogen and oxygen atoms in total. The highest BCUT2D eigenvalue weighted by Gasteiger charge is 2.25. The fraction of sp³-hybridized carbons (Fsp3) is 0.400. The molecule has 0 radical (unpaired) electrons. The average molecular weight is 257 g/mol. The Bertz CT molecular complexity index is 550. The molecular formula is C15H19N3O. The second-order valence-corrected chi connectivity index (χ2v) is 5.01. The van der Waals surface area contributed by atoms with E-state index in [0.717, 1.165) is 30.1 Å². The normalized spacial score (nSPS) is 22.6. The largest absolute Gasteiger partial charge is 0.377 e. The third kappa shape index (κ3) is 2.36. The summed E-state index contributed by atoms with van der Waals surface area (Å²) in [5.74, 6) is 0. The van der Waals surface area contributed by atoms with Crippen LogP contribution in [0.3, 0.4) is 0 Å². The molecule has 2 heterocycles. The van der Waals surface area contributed by atoms with E-state index in [-0.39, 0.29) is 6.10 Å². The lowest BCUT2D eigenvalue weighted by molar-refractivity contribution is 0.121. The first-order chi connectivity index (χ1) is 9.25. The Balaban J connectivity index is 1.83. The molecule has 19 heavy (non-hydrogen) atoms. The zero-order chi connectivity index (χ0) is 13.2. The predicted octanol–water partition coefficient (Wildman–Crippen LogP) is 2.77. The number of rotatable bonds is 3. The van der Waals surface area contributed by atoms with Crippen molar-refractivity contribution in [1.29, 1.82) is 0 Å². The first kappa shape index (κ1) is 12.2. The van der Waals surface area contributed by atoms with Gasteiger partial charge in [0.1, 0.15) is 0 Å². The monoisotopic (exact) mass is 257 g/mol. The molecule has 0 unspecified atom stereocenters. The zero-order valence-corrected chi connectivity index (χ0v) is 11.3. The van der Waals surface area contributed by atoms with Gasteiger partial charge >= 0.3 is 0 Å². The molecule has 4 heteroatoms. The maximum Gasteiger partial charge on any atom is 0.0764 e. The summed E-state index contributed by atoms with van der Waals surface area (Å²) in [6, 6.07) is 10.6. The molecule has 0 bridgehead atoms. The van der Waals surface area contributed by atoms with Crippen LogP contribution in [0.4, 0.5) is 5.69 Å². The van der Waals surface area contributed by atoms with Gasteiger partial charge in [0.2, 0.25) is 0 Å². The molecule has 0 aliphatic carbocycles. The summed E-state index contributed by atoms with van der Waals surface area (Å²) >= 11 is 0. The molecule has 1 aromatic carbocycles. The van der Waals surface area contributed by atoms with Crippen molar-refractivity contribution in [3.63, 3.8) is 0 Å². The molecule has 1 saturated heterocycles. The average Bonchev–Trinajstić information content (AvgIpc) is 2.99. The Morgan fingerprint density at radius 3 is 2.79 bits per heavy atom. The van der Waals surface area contributed by atoms with Gasteiger partial charge in [0.15, 0.2) is 0 Å². The zero-order valence-electron chi connectivity index (χ0n) is 11.3. The van der Waals surface area contributed by atoms with Crippen LogP contribution in [0.2, 0.25) is 0 Å². The van der Waals surface area contributed by atoms with Crippen molar-refractivity contribution in [2.45, 2.75) is 32.4 Å². The molecular weight excluding hydrogens is 238 g/mol. The van der Waals surface area contributed by atoms with Crippen LogP contribution in [0.1, 0.15) is 19.0 Å². The Hall–Kier alpha value is -1.81. The molecule has 2 aromatic rings. The van der Waals surface area contributed by atoms with E-state index in [1.54, 1.807) is 0 Å². The van der Waals surface area contributed by atoms with Crippen LogP contribution in [0.15, 0.2) is 36.5 Å². The van der Waals surface area contributed by atoms with Gasteiger partial charge in [0, 0.05) is 6.61 Å². The SMILES string of the molecule is Cc1c(N[C@H]2CCO[C@@H]2C)cnn1-c1ccccc1. The minimum Gasteiger partial charge on any atom is -0.377 e. The highest BCUT2D eigenvalue weighted by Crippen LogP contribution is 2.23. The standard InChI is InChI=1S/C15H19N3O/c1-11-15(17-14-8-9-19-12(14)2)10-16-18(11)13-6-4-3-5-7-13/h3-7,10,12,14,17H,8-9H2,1-2H3/t12-,14+/m1/s1. The summed E-state index contributed by atoms with van der Waals surface area (Å²) in [4.78, 5) is 0. The highest BCUT2D eigenvalue weighted by molar-refractivity contribution is 5.50. The summed E-state index contributed by atoms with van der Waals surface area (Å²) < 4.78 is 7.54. The fourth-order valence-corrected chi connectivity index (χ4v) is 2.50. The molecule has 100 valence electrons. The number of para-hydroxylation sites is 1. The van der Waals surface area contributed by atoms with Crippen molar-refractivity contribution >= 4 is 5.69 Å². The number of ether oxygens (including phenoxy) is 1. The van der Waals surface area contributed by atoms with Gasteiger partial charge in [-0.05, 0) is 32.4 Å². The van der Waals surface area contributed by atoms with Crippen LogP contribution in [0, 0.1) is 6.92 Å². The molecule has 1 aliphatic rings. The van der Waals surface area contributed by atoms with Crippen LogP contribution >= 0.6 is 0 Å². The number of nitrogens with one attached hydrogen (secondary N) is 1. The van der Waals surface area contributed by atoms with Gasteiger partial charge in [-0.1, -0.05) is 18.2 Å². The second-order valence-electron chi connectivity index (χ2n) is 5.01. The summed E-state index contributed by atoms with van der Waals surface area (Å²) in [6.45, 7) is 5.04. The van der Waals surface area contributed by atoms with Crippen LogP contribution in [0.5, 0.6) is 0 Å². The quantitative estimate of drug-likeness (QED) is 0.919. The Morgan fingerprint density at radius 2 is 2.11 bits per heavy atom. The van der Waals surface area contributed by atoms with E-state index in [2.05, 4.69) is 36.4 Å². The molecule has 2 atom stereocenters. The molecule has 1 fully saturated rings. The van der Waals surface area contributed by atoms with Crippen LogP contribution < -0.4 is 5.32 Å². The molecule has 3 rings (SSSR count). The Labute approximate surface area is 113 Å². The number of nitrogens with zero attached hydrogens (tertiary/aromatic N) is 2. The van der Waals surface area contributed by atoms with E-state index in [9.17, 15) is 0 Å². The molecule has 1 aliphatic heterocycles. The van der Waals surface area contributed by atoms with Crippen molar-refractivity contribution in [1.82, 2.24) is 9.78 Å². The van der Waals surface area contributed by atoms with Crippen molar-refractivity contribution in [3.05, 3.63) is 42.2 Å². The van der Waals surface area contributed by atoms with Crippen LogP contribution in [-0.4, -0.2) is 28.5 Å². The van der Waals surface area contributed by atoms with Gasteiger partial charge in [-0.15, -0.1) is 0 Å². The van der Waals surface area contributed by atoms with Gasteiger partial charge < -0.3 is 10.1 Å². The smallest absolute Gasteiger partial charge is 0.0764 e. The minimum atomic E-state index is 0.263. The minimum absolute atomic E-state index is 0.263. The number of hydrogen-bond donors (Lipinski definition) is 1. The van der Waals surface area contributed by atoms with Crippen LogP contribution in [-0.2, 0) is 4.74 Å². The van der Waals surface area contributed by atoms with E-state index in [1.807, 2.05) is 29.1 Å². The summed E-state index contributed by atoms with van der Waals surface area (Å²) in [5.41, 5.74) is 3.31. The van der Waals surface area contributed by atoms with E-state index >= 15 is 0 Å². The van der Waals surface area contributed by atoms with E-state index < -0.39 is 0 Å². The first-order valence-electron chi connectivity index (χ1n) is 6.74. The third-order valence-electron chi connectivity index (χ3n) is 3.73. The maximum atomic E-state index is 5.58. The first-order valence-corrected chi connectivity index (χ1v) is 6.74. The van der Waals surface area contributed by atoms with Crippen molar-refractivity contribution < 1.29 is 4.74 Å². The van der Waals surface area contributed by atoms with E-state index in [0.29, 0.717) is 6.04 Å². The Morgan fingerprint density at radius 1 is 1.32 bits per heavy atom. The van der Waals surface area contributed by atoms with E-state index in [4.69, 9.17) is 4.74 Å².